The lowest BCUT2D eigenvalue weighted by atomic mass is 10.2. The number of hydrogen-bond donors (Lipinski definition) is 2. The van der Waals surface area contributed by atoms with Gasteiger partial charge in [0.1, 0.15) is 0 Å². The third-order valence-electron chi connectivity index (χ3n) is 3.14. The van der Waals surface area contributed by atoms with Gasteiger partial charge in [-0.25, -0.2) is 0 Å². The largest absolute Gasteiger partial charge is 0.384 e. The smallest absolute Gasteiger partial charge is 0.257 e. The molecular weight excluding hydrogens is 298 g/mol. The Balaban J connectivity index is 2.08. The molecule has 116 valence electrons. The summed E-state index contributed by atoms with van der Waals surface area (Å²) in [5.74, 6) is 0.313. The number of rotatable bonds is 5. The number of benzene rings is 1. The van der Waals surface area contributed by atoms with Gasteiger partial charge in [0, 0.05) is 29.6 Å². The highest BCUT2D eigenvalue weighted by atomic mass is 35.5. The normalized spacial score (nSPS) is 10.6. The van der Waals surface area contributed by atoms with E-state index >= 15 is 0 Å². The highest BCUT2D eigenvalue weighted by Crippen LogP contribution is 2.20. The molecule has 5 heteroatoms. The molecule has 0 aliphatic carbocycles. The molecule has 1 aromatic heterocycles. The van der Waals surface area contributed by atoms with Gasteiger partial charge in [-0.2, -0.15) is 0 Å². The van der Waals surface area contributed by atoms with Gasteiger partial charge in [0.05, 0.1) is 11.3 Å². The van der Waals surface area contributed by atoms with Crippen LogP contribution in [0, 0.1) is 12.8 Å². The Morgan fingerprint density at radius 2 is 2.00 bits per heavy atom. The molecule has 1 aromatic carbocycles. The van der Waals surface area contributed by atoms with Gasteiger partial charge in [-0.3, -0.25) is 9.78 Å². The number of aryl methyl sites for hydroxylation is 1. The maximum Gasteiger partial charge on any atom is 0.257 e. The molecule has 0 saturated heterocycles. The SMILES string of the molecule is Cc1ccc(NC(=O)c2cncc(NCC(C)C)c2)cc1Cl. The predicted molar refractivity (Wildman–Crippen MR) is 91.7 cm³/mol. The zero-order valence-electron chi connectivity index (χ0n) is 13.0. The number of aromatic nitrogens is 1. The van der Waals surface area contributed by atoms with Gasteiger partial charge in [0.15, 0.2) is 0 Å². The fourth-order valence-corrected chi connectivity index (χ4v) is 2.04. The molecular formula is C17H20ClN3O. The molecule has 0 radical (unpaired) electrons. The van der Waals surface area contributed by atoms with Gasteiger partial charge >= 0.3 is 0 Å². The minimum absolute atomic E-state index is 0.208. The van der Waals surface area contributed by atoms with Crippen LogP contribution in [0.2, 0.25) is 5.02 Å². The maximum absolute atomic E-state index is 12.3. The standard InChI is InChI=1S/C17H20ClN3O/c1-11(2)8-20-15-6-13(9-19-10-15)17(22)21-14-5-4-12(3)16(18)7-14/h4-7,9-11,20H,8H2,1-3H3,(H,21,22). The van der Waals surface area contributed by atoms with E-state index in [4.69, 9.17) is 11.6 Å². The minimum atomic E-state index is -0.208. The Kier molecular flexibility index (Phi) is 5.39. The zero-order chi connectivity index (χ0) is 16.1. The van der Waals surface area contributed by atoms with E-state index in [1.165, 1.54) is 0 Å². The van der Waals surface area contributed by atoms with E-state index in [0.29, 0.717) is 22.2 Å². The summed E-state index contributed by atoms with van der Waals surface area (Å²) in [6, 6.07) is 7.23. The van der Waals surface area contributed by atoms with Crippen LogP contribution in [-0.4, -0.2) is 17.4 Å². The van der Waals surface area contributed by atoms with Crippen molar-refractivity contribution in [1.82, 2.24) is 4.98 Å². The number of carbonyl (C=O) groups is 1. The molecule has 0 atom stereocenters. The first-order valence-corrected chi connectivity index (χ1v) is 7.60. The molecule has 0 unspecified atom stereocenters. The van der Waals surface area contributed by atoms with Gasteiger partial charge < -0.3 is 10.6 Å². The van der Waals surface area contributed by atoms with Crippen LogP contribution in [0.3, 0.4) is 0 Å². The summed E-state index contributed by atoms with van der Waals surface area (Å²) in [4.78, 5) is 16.4. The van der Waals surface area contributed by atoms with Crippen LogP contribution in [0.15, 0.2) is 36.7 Å². The van der Waals surface area contributed by atoms with Crippen LogP contribution < -0.4 is 10.6 Å². The lowest BCUT2D eigenvalue weighted by molar-refractivity contribution is 0.102. The predicted octanol–water partition coefficient (Wildman–Crippen LogP) is 4.36. The van der Waals surface area contributed by atoms with Crippen molar-refractivity contribution in [1.29, 1.82) is 0 Å². The molecule has 0 aliphatic heterocycles. The van der Waals surface area contributed by atoms with Crippen molar-refractivity contribution in [2.75, 3.05) is 17.2 Å². The van der Waals surface area contributed by atoms with E-state index in [-0.39, 0.29) is 5.91 Å². The van der Waals surface area contributed by atoms with Crippen molar-refractivity contribution in [3.8, 4) is 0 Å². The fraction of sp³-hybridized carbons (Fsp3) is 0.294. The van der Waals surface area contributed by atoms with Gasteiger partial charge in [0.2, 0.25) is 0 Å². The van der Waals surface area contributed by atoms with E-state index in [2.05, 4.69) is 29.5 Å². The minimum Gasteiger partial charge on any atom is -0.384 e. The number of anilines is 2. The summed E-state index contributed by atoms with van der Waals surface area (Å²) in [6.07, 6.45) is 3.26. The Labute approximate surface area is 135 Å². The molecule has 2 rings (SSSR count). The van der Waals surface area contributed by atoms with Crippen LogP contribution in [-0.2, 0) is 0 Å². The van der Waals surface area contributed by atoms with Crippen molar-refractivity contribution < 1.29 is 4.79 Å². The first-order chi connectivity index (χ1) is 10.5. The van der Waals surface area contributed by atoms with Crippen LogP contribution in [0.1, 0.15) is 29.8 Å². The summed E-state index contributed by atoms with van der Waals surface area (Å²) in [7, 11) is 0. The van der Waals surface area contributed by atoms with Gasteiger partial charge in [-0.1, -0.05) is 31.5 Å². The molecule has 22 heavy (non-hydrogen) atoms. The molecule has 0 fully saturated rings. The molecule has 1 heterocycles. The van der Waals surface area contributed by atoms with E-state index in [9.17, 15) is 4.79 Å². The Morgan fingerprint density at radius 1 is 1.23 bits per heavy atom. The molecule has 0 spiro atoms. The van der Waals surface area contributed by atoms with Gasteiger partial charge in [0.25, 0.3) is 5.91 Å². The first kappa shape index (κ1) is 16.3. The first-order valence-electron chi connectivity index (χ1n) is 7.22. The average Bonchev–Trinajstić information content (AvgIpc) is 2.49. The highest BCUT2D eigenvalue weighted by molar-refractivity contribution is 6.31. The van der Waals surface area contributed by atoms with Crippen LogP contribution in [0.5, 0.6) is 0 Å². The summed E-state index contributed by atoms with van der Waals surface area (Å²) < 4.78 is 0. The molecule has 2 N–H and O–H groups in total. The number of carbonyl (C=O) groups excluding carboxylic acids is 1. The number of nitrogens with zero attached hydrogens (tertiary/aromatic N) is 1. The van der Waals surface area contributed by atoms with E-state index in [1.807, 2.05) is 19.1 Å². The topological polar surface area (TPSA) is 54.0 Å². The van der Waals surface area contributed by atoms with Crippen molar-refractivity contribution >= 4 is 28.9 Å². The van der Waals surface area contributed by atoms with Crippen LogP contribution >= 0.6 is 11.6 Å². The molecule has 0 aliphatic rings. The Bertz CT molecular complexity index is 671. The van der Waals surface area contributed by atoms with Gasteiger partial charge in [-0.15, -0.1) is 0 Å². The highest BCUT2D eigenvalue weighted by Gasteiger charge is 2.08. The number of pyridine rings is 1. The van der Waals surface area contributed by atoms with Gasteiger partial charge in [-0.05, 0) is 36.6 Å². The number of hydrogen-bond acceptors (Lipinski definition) is 3. The number of nitrogens with one attached hydrogen (secondary N) is 2. The molecule has 1 amide bonds. The quantitative estimate of drug-likeness (QED) is 0.861. The Morgan fingerprint density at radius 3 is 2.68 bits per heavy atom. The molecule has 0 bridgehead atoms. The molecule has 2 aromatic rings. The number of amides is 1. The van der Waals surface area contributed by atoms with Crippen molar-refractivity contribution in [3.63, 3.8) is 0 Å². The lowest BCUT2D eigenvalue weighted by Gasteiger charge is -2.10. The van der Waals surface area contributed by atoms with Crippen LogP contribution in [0.4, 0.5) is 11.4 Å². The third-order valence-corrected chi connectivity index (χ3v) is 3.55. The second-order valence-electron chi connectivity index (χ2n) is 5.66. The number of halogens is 1. The van der Waals surface area contributed by atoms with E-state index in [0.717, 1.165) is 17.8 Å². The lowest BCUT2D eigenvalue weighted by Crippen LogP contribution is -2.14. The summed E-state index contributed by atoms with van der Waals surface area (Å²) in [6.45, 7) is 7.00. The van der Waals surface area contributed by atoms with Crippen LogP contribution in [0.25, 0.3) is 0 Å². The fourth-order valence-electron chi connectivity index (χ4n) is 1.86. The third kappa shape index (κ3) is 4.46. The summed E-state index contributed by atoms with van der Waals surface area (Å²) >= 11 is 6.07. The van der Waals surface area contributed by atoms with Crippen molar-refractivity contribution in [2.45, 2.75) is 20.8 Å². The second-order valence-corrected chi connectivity index (χ2v) is 6.06. The molecule has 4 nitrogen and oxygen atoms in total. The summed E-state index contributed by atoms with van der Waals surface area (Å²) in [5.41, 5.74) is 2.98. The van der Waals surface area contributed by atoms with E-state index in [1.54, 1.807) is 24.5 Å². The van der Waals surface area contributed by atoms with E-state index < -0.39 is 0 Å². The zero-order valence-corrected chi connectivity index (χ0v) is 13.7. The van der Waals surface area contributed by atoms with Crippen molar-refractivity contribution in [3.05, 3.63) is 52.8 Å². The molecule has 0 saturated carbocycles. The van der Waals surface area contributed by atoms with Crippen molar-refractivity contribution in [2.24, 2.45) is 5.92 Å². The Hall–Kier alpha value is -2.07. The second kappa shape index (κ2) is 7.27. The average molecular weight is 318 g/mol. The monoisotopic (exact) mass is 317 g/mol. The maximum atomic E-state index is 12.3. The summed E-state index contributed by atoms with van der Waals surface area (Å²) in [5, 5.41) is 6.71.